The standard InChI is InChI=1S/2C19H23N3/c1-5-20-16-7-13(4)19-15(10-16)9-14-11-17(21-6-2)12(3)8-18(14)22-19;1-5-20-16-7-9-18-14(12(16)3)11-15-13(4)17(21-6-2)8-10-19(15)22-18/h7-8,10-11,20H,5-6,9H2,1-4H3;7-10,20H,5-6,11H2,1-4H3. The van der Waals surface area contributed by atoms with Gasteiger partial charge in [-0.15, -0.1) is 0 Å². The smallest absolute Gasteiger partial charge is 0.0703 e. The van der Waals surface area contributed by atoms with Crippen molar-refractivity contribution in [1.29, 1.82) is 0 Å². The fourth-order valence-corrected chi connectivity index (χ4v) is 6.25. The number of hydrogen-bond donors (Lipinski definition) is 2. The first-order valence-corrected chi connectivity index (χ1v) is 16.1. The van der Waals surface area contributed by atoms with E-state index in [1.807, 2.05) is 0 Å². The Morgan fingerprint density at radius 2 is 1.52 bits per heavy atom. The van der Waals surface area contributed by atoms with Crippen molar-refractivity contribution in [3.63, 3.8) is 0 Å². The molecule has 2 aliphatic carbocycles. The maximum atomic E-state index is 4.90. The van der Waals surface area contributed by atoms with Crippen molar-refractivity contribution in [2.45, 2.75) is 68.2 Å². The molecule has 6 rings (SSSR count). The van der Waals surface area contributed by atoms with Crippen LogP contribution in [-0.4, -0.2) is 49.0 Å². The summed E-state index contributed by atoms with van der Waals surface area (Å²) in [6, 6.07) is 8.68. The van der Waals surface area contributed by atoms with Crippen molar-refractivity contribution >= 4 is 45.6 Å². The van der Waals surface area contributed by atoms with Crippen molar-refractivity contribution in [3.05, 3.63) is 93.1 Å². The molecule has 6 heteroatoms. The molecule has 0 amide bonds. The maximum Gasteiger partial charge on any atom is 0.0703 e. The van der Waals surface area contributed by atoms with Gasteiger partial charge in [-0.25, -0.2) is 9.98 Å². The summed E-state index contributed by atoms with van der Waals surface area (Å²) in [6.45, 7) is 20.5. The van der Waals surface area contributed by atoms with Crippen LogP contribution >= 0.6 is 0 Å². The zero-order valence-electron chi connectivity index (χ0n) is 27.7. The Morgan fingerprint density at radius 1 is 0.773 bits per heavy atom. The van der Waals surface area contributed by atoms with Gasteiger partial charge in [0.25, 0.3) is 0 Å². The average molecular weight is 587 g/mol. The van der Waals surface area contributed by atoms with Crippen molar-refractivity contribution in [3.8, 4) is 0 Å². The third-order valence-corrected chi connectivity index (χ3v) is 8.51. The number of anilines is 2. The Hall–Kier alpha value is -4.32. The Balaban J connectivity index is 0.000000175. The minimum Gasteiger partial charge on any atom is -0.385 e. The molecular formula is C38H46N6. The zero-order chi connectivity index (χ0) is 31.4. The molecule has 0 radical (unpaired) electrons. The second-order valence-electron chi connectivity index (χ2n) is 11.6. The van der Waals surface area contributed by atoms with Crippen LogP contribution < -0.4 is 10.6 Å². The largest absolute Gasteiger partial charge is 0.385 e. The monoisotopic (exact) mass is 586 g/mol. The Bertz CT molecular complexity index is 1720. The average Bonchev–Trinajstić information content (AvgIpc) is 3.00. The van der Waals surface area contributed by atoms with E-state index >= 15 is 0 Å². The molecule has 2 aromatic rings. The number of aliphatic imine (C=N–C) groups is 4. The molecule has 2 aromatic carbocycles. The fraction of sp³-hybridized carbons (Fsp3) is 0.368. The molecule has 228 valence electrons. The highest BCUT2D eigenvalue weighted by Crippen LogP contribution is 2.38. The minimum absolute atomic E-state index is 0.816. The number of aryl methyl sites for hydroxylation is 1. The van der Waals surface area contributed by atoms with Crippen LogP contribution in [0.2, 0.25) is 0 Å². The maximum absolute atomic E-state index is 4.90. The molecule has 0 bridgehead atoms. The predicted molar refractivity (Wildman–Crippen MR) is 192 cm³/mol. The molecule has 4 aliphatic rings. The number of hydrogen-bond acceptors (Lipinski definition) is 6. The Kier molecular flexibility index (Phi) is 9.58. The molecule has 0 aromatic heterocycles. The van der Waals surface area contributed by atoms with E-state index in [1.165, 1.54) is 55.9 Å². The lowest BCUT2D eigenvalue weighted by molar-refractivity contribution is 1.09. The van der Waals surface area contributed by atoms with Crippen molar-refractivity contribution in [2.24, 2.45) is 20.0 Å². The topological polar surface area (TPSA) is 73.5 Å². The highest BCUT2D eigenvalue weighted by molar-refractivity contribution is 6.25. The number of fused-ring (bicyclic) bond motifs is 4. The number of allylic oxidation sites excluding steroid dienone is 8. The van der Waals surface area contributed by atoms with Crippen LogP contribution in [0, 0.1) is 13.8 Å². The predicted octanol–water partition coefficient (Wildman–Crippen LogP) is 8.81. The van der Waals surface area contributed by atoms with Gasteiger partial charge in [0.15, 0.2) is 0 Å². The van der Waals surface area contributed by atoms with Gasteiger partial charge in [0.2, 0.25) is 0 Å². The van der Waals surface area contributed by atoms with Gasteiger partial charge in [-0.1, -0.05) is 0 Å². The fourth-order valence-electron chi connectivity index (χ4n) is 6.25. The van der Waals surface area contributed by atoms with Crippen molar-refractivity contribution in [1.82, 2.24) is 0 Å². The molecule has 0 spiro atoms. The molecule has 0 saturated carbocycles. The third-order valence-electron chi connectivity index (χ3n) is 8.51. The first-order valence-electron chi connectivity index (χ1n) is 16.1. The zero-order valence-corrected chi connectivity index (χ0v) is 27.7. The normalized spacial score (nSPS) is 18.2. The van der Waals surface area contributed by atoms with Gasteiger partial charge in [0, 0.05) is 50.4 Å². The van der Waals surface area contributed by atoms with Gasteiger partial charge in [0.1, 0.15) is 0 Å². The van der Waals surface area contributed by atoms with Crippen LogP contribution in [0.4, 0.5) is 22.7 Å². The lowest BCUT2D eigenvalue weighted by atomic mass is 9.85. The van der Waals surface area contributed by atoms with Gasteiger partial charge >= 0.3 is 0 Å². The summed E-state index contributed by atoms with van der Waals surface area (Å²) >= 11 is 0. The van der Waals surface area contributed by atoms with E-state index in [2.05, 4.69) is 125 Å². The second kappa shape index (κ2) is 13.5. The van der Waals surface area contributed by atoms with E-state index in [4.69, 9.17) is 9.98 Å². The van der Waals surface area contributed by atoms with E-state index in [9.17, 15) is 0 Å². The molecule has 2 aliphatic heterocycles. The van der Waals surface area contributed by atoms with E-state index in [0.717, 1.165) is 73.2 Å². The van der Waals surface area contributed by atoms with Gasteiger partial charge < -0.3 is 10.6 Å². The Labute approximate surface area is 263 Å². The summed E-state index contributed by atoms with van der Waals surface area (Å²) in [5.41, 5.74) is 19.3. The molecule has 0 atom stereocenters. The molecule has 0 fully saturated rings. The molecule has 0 saturated heterocycles. The van der Waals surface area contributed by atoms with Crippen LogP contribution in [-0.2, 0) is 12.8 Å². The van der Waals surface area contributed by atoms with Gasteiger partial charge in [-0.2, -0.15) is 0 Å². The second-order valence-corrected chi connectivity index (χ2v) is 11.6. The summed E-state index contributed by atoms with van der Waals surface area (Å²) in [4.78, 5) is 18.9. The van der Waals surface area contributed by atoms with Gasteiger partial charge in [-0.05, 0) is 149 Å². The number of nitrogens with zero attached hydrogens (tertiary/aromatic N) is 4. The number of rotatable bonds is 6. The highest BCUT2D eigenvalue weighted by Gasteiger charge is 2.24. The summed E-state index contributed by atoms with van der Waals surface area (Å²) in [7, 11) is 0. The molecule has 44 heavy (non-hydrogen) atoms. The first kappa shape index (κ1) is 31.1. The summed E-state index contributed by atoms with van der Waals surface area (Å²) < 4.78 is 0. The highest BCUT2D eigenvalue weighted by atomic mass is 14.9. The number of nitrogens with one attached hydrogen (secondary N) is 2. The lowest BCUT2D eigenvalue weighted by Gasteiger charge is -2.25. The first-order chi connectivity index (χ1) is 21.3. The van der Waals surface area contributed by atoms with Crippen LogP contribution in [0.1, 0.15) is 63.8 Å². The van der Waals surface area contributed by atoms with Gasteiger partial charge in [0.05, 0.1) is 34.2 Å². The minimum atomic E-state index is 0.816. The van der Waals surface area contributed by atoms with Crippen LogP contribution in [0.25, 0.3) is 0 Å². The lowest BCUT2D eigenvalue weighted by Crippen LogP contribution is -2.18. The number of benzene rings is 2. The SMILES string of the molecule is CCN=C1C=C2Cc3cc(NCC)cc(C)c3N=C2C=C1C.CCN=C1C=CC2=Nc3ccc(NCC)c(C)c3CC2=C1C. The molecule has 0 unspecified atom stereocenters. The van der Waals surface area contributed by atoms with E-state index in [1.54, 1.807) is 0 Å². The summed E-state index contributed by atoms with van der Waals surface area (Å²) in [5, 5.41) is 6.84. The molecular weight excluding hydrogens is 540 g/mol. The van der Waals surface area contributed by atoms with E-state index in [-0.39, 0.29) is 0 Å². The van der Waals surface area contributed by atoms with Crippen LogP contribution in [0.15, 0.2) is 90.8 Å². The Morgan fingerprint density at radius 3 is 2.25 bits per heavy atom. The van der Waals surface area contributed by atoms with Crippen molar-refractivity contribution in [2.75, 3.05) is 36.8 Å². The summed E-state index contributed by atoms with van der Waals surface area (Å²) in [5.74, 6) is 0. The van der Waals surface area contributed by atoms with Crippen LogP contribution in [0.3, 0.4) is 0 Å². The quantitative estimate of drug-likeness (QED) is 0.332. The van der Waals surface area contributed by atoms with Gasteiger partial charge in [-0.3, -0.25) is 9.98 Å². The molecule has 2 heterocycles. The van der Waals surface area contributed by atoms with Crippen LogP contribution in [0.5, 0.6) is 0 Å². The van der Waals surface area contributed by atoms with E-state index in [0.29, 0.717) is 0 Å². The summed E-state index contributed by atoms with van der Waals surface area (Å²) in [6.07, 6.45) is 10.4. The van der Waals surface area contributed by atoms with E-state index < -0.39 is 0 Å². The van der Waals surface area contributed by atoms with Crippen molar-refractivity contribution < 1.29 is 0 Å². The molecule has 6 nitrogen and oxygen atoms in total. The molecule has 2 N–H and O–H groups in total. The third kappa shape index (κ3) is 6.30.